The second kappa shape index (κ2) is 4.49. The number of H-pyrrole nitrogens is 1. The normalized spacial score (nSPS) is 26.3. The molecule has 3 heterocycles. The molecule has 1 aromatic rings. The Morgan fingerprint density at radius 1 is 1.47 bits per heavy atom. The lowest BCUT2D eigenvalue weighted by molar-refractivity contribution is -0.142. The van der Waals surface area contributed by atoms with Crippen LogP contribution in [0.4, 0.5) is 0 Å². The van der Waals surface area contributed by atoms with E-state index in [0.717, 1.165) is 17.7 Å². The molecule has 1 amide bonds. The molecule has 2 aliphatic rings. The summed E-state index contributed by atoms with van der Waals surface area (Å²) >= 11 is 0. The van der Waals surface area contributed by atoms with Crippen LogP contribution in [0.3, 0.4) is 0 Å². The van der Waals surface area contributed by atoms with Crippen LogP contribution in [0.2, 0.25) is 0 Å². The van der Waals surface area contributed by atoms with Gasteiger partial charge in [-0.05, 0) is 18.9 Å². The zero-order valence-electron chi connectivity index (χ0n) is 11.1. The van der Waals surface area contributed by atoms with Gasteiger partial charge in [-0.15, -0.1) is 0 Å². The first-order valence-corrected chi connectivity index (χ1v) is 6.67. The minimum atomic E-state index is -0.375. The quantitative estimate of drug-likeness (QED) is 0.810. The maximum Gasteiger partial charge on any atom is 0.248 e. The third-order valence-electron chi connectivity index (χ3n) is 4.11. The van der Waals surface area contributed by atoms with Crippen molar-refractivity contribution in [3.63, 3.8) is 0 Å². The Morgan fingerprint density at radius 3 is 3.05 bits per heavy atom. The Labute approximate surface area is 111 Å². The molecule has 0 saturated carbocycles. The van der Waals surface area contributed by atoms with Gasteiger partial charge in [0.05, 0.1) is 12.0 Å². The van der Waals surface area contributed by atoms with Gasteiger partial charge in [0.1, 0.15) is 0 Å². The number of fused-ring (bicyclic) bond motifs is 1. The molecular weight excluding hydrogens is 244 g/mol. The smallest absolute Gasteiger partial charge is 0.248 e. The van der Waals surface area contributed by atoms with Crippen molar-refractivity contribution in [1.29, 1.82) is 0 Å². The number of hydrogen-bond donors (Lipinski definition) is 1. The number of aromatic nitrogens is 1. The highest BCUT2D eigenvalue weighted by atomic mass is 16.5. The predicted molar refractivity (Wildman–Crippen MR) is 69.7 cm³/mol. The Balaban J connectivity index is 1.80. The number of ether oxygens (including phenoxy) is 1. The molecule has 0 aliphatic carbocycles. The van der Waals surface area contributed by atoms with E-state index in [0.29, 0.717) is 32.7 Å². The van der Waals surface area contributed by atoms with Gasteiger partial charge in [0.25, 0.3) is 0 Å². The number of aromatic amines is 1. The standard InChI is InChI=1S/C14H18N2O3/c1-14(5-7-19-9-14)13(18)16-6-4-11-10(8-16)2-3-12(17)15-11/h2-3H,4-9H2,1H3,(H,15,17). The second-order valence-electron chi connectivity index (χ2n) is 5.67. The fourth-order valence-electron chi connectivity index (χ4n) is 2.84. The summed E-state index contributed by atoms with van der Waals surface area (Å²) in [5, 5.41) is 0. The minimum absolute atomic E-state index is 0.0744. The maximum atomic E-state index is 12.6. The first-order chi connectivity index (χ1) is 9.08. The fourth-order valence-corrected chi connectivity index (χ4v) is 2.84. The molecule has 1 unspecified atom stereocenters. The van der Waals surface area contributed by atoms with E-state index in [9.17, 15) is 9.59 Å². The molecule has 1 aromatic heterocycles. The molecule has 3 rings (SSSR count). The van der Waals surface area contributed by atoms with Crippen LogP contribution < -0.4 is 5.56 Å². The van der Waals surface area contributed by atoms with E-state index in [2.05, 4.69) is 4.98 Å². The van der Waals surface area contributed by atoms with E-state index in [1.807, 2.05) is 17.9 Å². The Kier molecular flexibility index (Phi) is 2.93. The summed E-state index contributed by atoms with van der Waals surface area (Å²) in [6.45, 7) is 4.41. The van der Waals surface area contributed by atoms with Gasteiger partial charge in [0.2, 0.25) is 11.5 Å². The number of nitrogens with zero attached hydrogens (tertiary/aromatic N) is 1. The highest BCUT2D eigenvalue weighted by molar-refractivity contribution is 5.83. The summed E-state index contributed by atoms with van der Waals surface area (Å²) < 4.78 is 5.36. The first-order valence-electron chi connectivity index (χ1n) is 6.67. The largest absolute Gasteiger partial charge is 0.380 e. The van der Waals surface area contributed by atoms with Crippen molar-refractivity contribution < 1.29 is 9.53 Å². The average molecular weight is 262 g/mol. The van der Waals surface area contributed by atoms with Gasteiger partial charge in [0.15, 0.2) is 0 Å². The van der Waals surface area contributed by atoms with Crippen molar-refractivity contribution >= 4 is 5.91 Å². The Morgan fingerprint density at radius 2 is 2.32 bits per heavy atom. The van der Waals surface area contributed by atoms with Crippen molar-refractivity contribution in [2.45, 2.75) is 26.3 Å². The predicted octanol–water partition coefficient (Wildman–Crippen LogP) is 0.686. The molecule has 19 heavy (non-hydrogen) atoms. The molecule has 0 bridgehead atoms. The molecule has 2 aliphatic heterocycles. The average Bonchev–Trinajstić information content (AvgIpc) is 2.85. The van der Waals surface area contributed by atoms with E-state index in [1.54, 1.807) is 0 Å². The lowest BCUT2D eigenvalue weighted by atomic mass is 9.87. The third-order valence-corrected chi connectivity index (χ3v) is 4.11. The van der Waals surface area contributed by atoms with Crippen molar-refractivity contribution in [3.05, 3.63) is 33.7 Å². The molecule has 1 saturated heterocycles. The summed E-state index contributed by atoms with van der Waals surface area (Å²) in [5.41, 5.74) is 1.56. The number of amides is 1. The van der Waals surface area contributed by atoms with Gasteiger partial charge in [-0.25, -0.2) is 0 Å². The Hall–Kier alpha value is -1.62. The van der Waals surface area contributed by atoms with Crippen LogP contribution in [0.5, 0.6) is 0 Å². The van der Waals surface area contributed by atoms with Crippen LogP contribution in [0.1, 0.15) is 24.6 Å². The summed E-state index contributed by atoms with van der Waals surface area (Å²) in [6.07, 6.45) is 1.51. The number of pyridine rings is 1. The van der Waals surface area contributed by atoms with E-state index < -0.39 is 0 Å². The molecule has 1 N–H and O–H groups in total. The summed E-state index contributed by atoms with van der Waals surface area (Å²) in [5.74, 6) is 0.168. The lowest BCUT2D eigenvalue weighted by Gasteiger charge is -2.34. The van der Waals surface area contributed by atoms with Crippen LogP contribution >= 0.6 is 0 Å². The Bertz CT molecular complexity index is 558. The van der Waals surface area contributed by atoms with E-state index in [-0.39, 0.29) is 16.9 Å². The van der Waals surface area contributed by atoms with Gasteiger partial charge in [-0.1, -0.05) is 6.07 Å². The van der Waals surface area contributed by atoms with E-state index in [1.165, 1.54) is 6.07 Å². The van der Waals surface area contributed by atoms with E-state index in [4.69, 9.17) is 4.74 Å². The topological polar surface area (TPSA) is 62.4 Å². The van der Waals surface area contributed by atoms with Gasteiger partial charge in [-0.3, -0.25) is 9.59 Å². The monoisotopic (exact) mass is 262 g/mol. The molecule has 5 heteroatoms. The molecule has 102 valence electrons. The molecular formula is C14H18N2O3. The number of hydrogen-bond acceptors (Lipinski definition) is 3. The molecule has 1 atom stereocenters. The molecule has 0 spiro atoms. The zero-order chi connectivity index (χ0) is 13.5. The SMILES string of the molecule is CC1(C(=O)N2CCc3[nH]c(=O)ccc3C2)CCOC1. The highest BCUT2D eigenvalue weighted by Crippen LogP contribution is 2.31. The van der Waals surface area contributed by atoms with Gasteiger partial charge in [0, 0.05) is 37.9 Å². The van der Waals surface area contributed by atoms with Crippen molar-refractivity contribution in [2.24, 2.45) is 5.41 Å². The molecule has 0 radical (unpaired) electrons. The zero-order valence-corrected chi connectivity index (χ0v) is 11.1. The maximum absolute atomic E-state index is 12.6. The van der Waals surface area contributed by atoms with Crippen LogP contribution in [0.25, 0.3) is 0 Å². The first kappa shape index (κ1) is 12.4. The van der Waals surface area contributed by atoms with Gasteiger partial charge >= 0.3 is 0 Å². The van der Waals surface area contributed by atoms with Crippen LogP contribution in [0.15, 0.2) is 16.9 Å². The van der Waals surface area contributed by atoms with E-state index >= 15 is 0 Å². The van der Waals surface area contributed by atoms with Crippen LogP contribution in [0, 0.1) is 5.41 Å². The number of nitrogens with one attached hydrogen (secondary N) is 1. The summed E-state index contributed by atoms with van der Waals surface area (Å²) in [4.78, 5) is 28.6. The van der Waals surface area contributed by atoms with Crippen molar-refractivity contribution in [1.82, 2.24) is 9.88 Å². The van der Waals surface area contributed by atoms with Gasteiger partial charge < -0.3 is 14.6 Å². The summed E-state index contributed by atoms with van der Waals surface area (Å²) in [6, 6.07) is 3.34. The summed E-state index contributed by atoms with van der Waals surface area (Å²) in [7, 11) is 0. The molecule has 5 nitrogen and oxygen atoms in total. The molecule has 1 fully saturated rings. The van der Waals surface area contributed by atoms with Crippen LogP contribution in [-0.4, -0.2) is 35.5 Å². The number of carbonyl (C=O) groups is 1. The van der Waals surface area contributed by atoms with Crippen molar-refractivity contribution in [2.75, 3.05) is 19.8 Å². The second-order valence-corrected chi connectivity index (χ2v) is 5.67. The van der Waals surface area contributed by atoms with Crippen LogP contribution in [-0.2, 0) is 22.5 Å². The van der Waals surface area contributed by atoms with Crippen molar-refractivity contribution in [3.8, 4) is 0 Å². The number of carbonyl (C=O) groups excluding carboxylic acids is 1. The van der Waals surface area contributed by atoms with Gasteiger partial charge in [-0.2, -0.15) is 0 Å². The third kappa shape index (κ3) is 2.18. The lowest BCUT2D eigenvalue weighted by Crippen LogP contribution is -2.45. The highest BCUT2D eigenvalue weighted by Gasteiger charge is 2.40. The minimum Gasteiger partial charge on any atom is -0.380 e. The number of rotatable bonds is 1. The fraction of sp³-hybridized carbons (Fsp3) is 0.571. The molecule has 0 aromatic carbocycles.